The Morgan fingerprint density at radius 3 is 2.35 bits per heavy atom. The van der Waals surface area contributed by atoms with E-state index < -0.39 is 5.97 Å². The molecule has 1 saturated heterocycles. The van der Waals surface area contributed by atoms with Gasteiger partial charge in [-0.1, -0.05) is 18.3 Å². The van der Waals surface area contributed by atoms with E-state index in [2.05, 4.69) is 5.32 Å². The predicted molar refractivity (Wildman–Crippen MR) is 74.2 cm³/mol. The SMILES string of the molecule is CCCOc1cc(C)c(C(=O)O)s1.O=C1CCC(=O)N1. The van der Waals surface area contributed by atoms with Gasteiger partial charge >= 0.3 is 5.97 Å². The summed E-state index contributed by atoms with van der Waals surface area (Å²) in [5.74, 6) is -1.18. The van der Waals surface area contributed by atoms with Crippen molar-refractivity contribution in [3.05, 3.63) is 16.5 Å². The van der Waals surface area contributed by atoms with Crippen molar-refractivity contribution in [2.45, 2.75) is 33.1 Å². The van der Waals surface area contributed by atoms with Crippen LogP contribution in [0.1, 0.15) is 41.4 Å². The number of rotatable bonds is 4. The smallest absolute Gasteiger partial charge is 0.346 e. The molecule has 2 N–H and O–H groups in total. The summed E-state index contributed by atoms with van der Waals surface area (Å²) in [4.78, 5) is 31.3. The van der Waals surface area contributed by atoms with Crippen LogP contribution in [0.4, 0.5) is 0 Å². The van der Waals surface area contributed by atoms with E-state index in [1.165, 1.54) is 11.3 Å². The van der Waals surface area contributed by atoms with E-state index in [-0.39, 0.29) is 11.8 Å². The molecular weight excluding hydrogens is 282 g/mol. The average molecular weight is 299 g/mol. The lowest BCUT2D eigenvalue weighted by molar-refractivity contribution is -0.124. The number of carbonyl (C=O) groups excluding carboxylic acids is 2. The molecule has 0 unspecified atom stereocenters. The first-order valence-electron chi connectivity index (χ1n) is 6.23. The number of ether oxygens (including phenoxy) is 1. The van der Waals surface area contributed by atoms with Crippen LogP contribution in [0, 0.1) is 6.92 Å². The number of imide groups is 1. The number of hydrogen-bond acceptors (Lipinski definition) is 5. The maximum absolute atomic E-state index is 10.7. The number of amides is 2. The van der Waals surface area contributed by atoms with Crippen molar-refractivity contribution in [1.29, 1.82) is 0 Å². The third-order valence-corrected chi connectivity index (χ3v) is 3.53. The molecule has 2 heterocycles. The second-order valence-electron chi connectivity index (χ2n) is 4.20. The topological polar surface area (TPSA) is 92.7 Å². The standard InChI is InChI=1S/C9H12O3S.C4H5NO2/c1-3-4-12-7-5-6(2)8(13-7)9(10)11;6-3-1-2-4(7)5-3/h5H,3-4H2,1-2H3,(H,10,11);1-2H2,(H,5,6,7). The number of carboxylic acid groups (broad SMARTS) is 1. The molecule has 2 rings (SSSR count). The van der Waals surface area contributed by atoms with E-state index in [0.717, 1.165) is 12.0 Å². The maximum atomic E-state index is 10.7. The van der Waals surface area contributed by atoms with Crippen molar-refractivity contribution in [1.82, 2.24) is 5.32 Å². The number of aromatic carboxylic acids is 1. The highest BCUT2D eigenvalue weighted by atomic mass is 32.1. The predicted octanol–water partition coefficient (Wildman–Crippen LogP) is 1.97. The minimum atomic E-state index is -0.881. The molecule has 0 spiro atoms. The molecule has 6 nitrogen and oxygen atoms in total. The summed E-state index contributed by atoms with van der Waals surface area (Å²) in [6, 6.07) is 1.77. The number of nitrogens with one attached hydrogen (secondary N) is 1. The van der Waals surface area contributed by atoms with Crippen molar-refractivity contribution in [2.75, 3.05) is 6.61 Å². The van der Waals surface area contributed by atoms with E-state index in [1.54, 1.807) is 13.0 Å². The molecular formula is C13H17NO5S. The Morgan fingerprint density at radius 2 is 2.00 bits per heavy atom. The molecule has 1 aromatic rings. The third-order valence-electron chi connectivity index (χ3n) is 2.40. The largest absolute Gasteiger partial charge is 0.484 e. The van der Waals surface area contributed by atoms with Crippen molar-refractivity contribution < 1.29 is 24.2 Å². The van der Waals surface area contributed by atoms with Crippen LogP contribution in [0.2, 0.25) is 0 Å². The molecule has 110 valence electrons. The van der Waals surface area contributed by atoms with E-state index in [4.69, 9.17) is 9.84 Å². The molecule has 0 bridgehead atoms. The van der Waals surface area contributed by atoms with Gasteiger partial charge in [-0.25, -0.2) is 4.79 Å². The first-order chi connectivity index (χ1) is 9.43. The number of carbonyl (C=O) groups is 3. The second-order valence-corrected chi connectivity index (χ2v) is 5.22. The number of carboxylic acids is 1. The summed E-state index contributed by atoms with van der Waals surface area (Å²) in [7, 11) is 0. The molecule has 1 aliphatic heterocycles. The minimum absolute atomic E-state index is 0.148. The van der Waals surface area contributed by atoms with Crippen LogP contribution >= 0.6 is 11.3 Å². The van der Waals surface area contributed by atoms with Crippen LogP contribution in [0.5, 0.6) is 5.06 Å². The Morgan fingerprint density at radius 1 is 1.40 bits per heavy atom. The average Bonchev–Trinajstić information content (AvgIpc) is 2.93. The monoisotopic (exact) mass is 299 g/mol. The summed E-state index contributed by atoms with van der Waals surface area (Å²) in [6.45, 7) is 4.43. The van der Waals surface area contributed by atoms with Crippen LogP contribution in [0.25, 0.3) is 0 Å². The van der Waals surface area contributed by atoms with Gasteiger partial charge in [0.05, 0.1) is 6.61 Å². The van der Waals surface area contributed by atoms with Gasteiger partial charge in [0.25, 0.3) is 0 Å². The number of thiophene rings is 1. The summed E-state index contributed by atoms with van der Waals surface area (Å²) in [5, 5.41) is 11.6. The van der Waals surface area contributed by atoms with Gasteiger partial charge in [-0.15, -0.1) is 0 Å². The van der Waals surface area contributed by atoms with Crippen LogP contribution in [-0.2, 0) is 9.59 Å². The molecule has 1 fully saturated rings. The molecule has 20 heavy (non-hydrogen) atoms. The van der Waals surface area contributed by atoms with Crippen molar-refractivity contribution in [2.24, 2.45) is 0 Å². The Kier molecular flexibility index (Phi) is 6.17. The molecule has 0 radical (unpaired) electrons. The fourth-order valence-electron chi connectivity index (χ4n) is 1.45. The van der Waals surface area contributed by atoms with Gasteiger partial charge in [0.2, 0.25) is 11.8 Å². The molecule has 0 aromatic carbocycles. The zero-order valence-corrected chi connectivity index (χ0v) is 12.2. The molecule has 7 heteroatoms. The molecule has 0 saturated carbocycles. The lowest BCUT2D eigenvalue weighted by Gasteiger charge is -1.97. The van der Waals surface area contributed by atoms with Crippen LogP contribution in [-0.4, -0.2) is 29.5 Å². The minimum Gasteiger partial charge on any atom is -0.484 e. The van der Waals surface area contributed by atoms with Crippen molar-refractivity contribution >= 4 is 29.1 Å². The van der Waals surface area contributed by atoms with E-state index >= 15 is 0 Å². The number of hydrogen-bond donors (Lipinski definition) is 2. The van der Waals surface area contributed by atoms with Crippen molar-refractivity contribution in [3.63, 3.8) is 0 Å². The van der Waals surface area contributed by atoms with Gasteiger partial charge < -0.3 is 9.84 Å². The molecule has 1 aliphatic rings. The van der Waals surface area contributed by atoms with Gasteiger partial charge in [-0.2, -0.15) is 0 Å². The van der Waals surface area contributed by atoms with Crippen LogP contribution < -0.4 is 10.1 Å². The highest BCUT2D eigenvalue weighted by molar-refractivity contribution is 7.15. The Labute approximate surface area is 120 Å². The fourth-order valence-corrected chi connectivity index (χ4v) is 2.33. The molecule has 0 aliphatic carbocycles. The zero-order valence-electron chi connectivity index (χ0n) is 11.4. The Bertz CT molecular complexity index is 495. The van der Waals surface area contributed by atoms with E-state index in [1.807, 2.05) is 6.92 Å². The van der Waals surface area contributed by atoms with Crippen LogP contribution in [0.3, 0.4) is 0 Å². The lowest BCUT2D eigenvalue weighted by atomic mass is 10.3. The lowest BCUT2D eigenvalue weighted by Crippen LogP contribution is -2.18. The van der Waals surface area contributed by atoms with Crippen molar-refractivity contribution in [3.8, 4) is 5.06 Å². The van der Waals surface area contributed by atoms with E-state index in [9.17, 15) is 14.4 Å². The van der Waals surface area contributed by atoms with Gasteiger partial charge in [0, 0.05) is 12.8 Å². The molecule has 0 atom stereocenters. The maximum Gasteiger partial charge on any atom is 0.346 e. The normalized spacial score (nSPS) is 13.5. The Balaban J connectivity index is 0.000000240. The number of aryl methyl sites for hydroxylation is 1. The van der Waals surface area contributed by atoms with Gasteiger partial charge in [-0.3, -0.25) is 14.9 Å². The summed E-state index contributed by atoms with van der Waals surface area (Å²) < 4.78 is 5.32. The summed E-state index contributed by atoms with van der Waals surface area (Å²) in [6.07, 6.45) is 1.68. The van der Waals surface area contributed by atoms with Crippen LogP contribution in [0.15, 0.2) is 6.07 Å². The Hall–Kier alpha value is -1.89. The second kappa shape index (κ2) is 7.64. The quantitative estimate of drug-likeness (QED) is 0.829. The summed E-state index contributed by atoms with van der Waals surface area (Å²) >= 11 is 1.19. The molecule has 2 amide bonds. The first-order valence-corrected chi connectivity index (χ1v) is 7.05. The fraction of sp³-hybridized carbons (Fsp3) is 0.462. The van der Waals surface area contributed by atoms with Gasteiger partial charge in [0.15, 0.2) is 5.06 Å². The third kappa shape index (κ3) is 5.00. The molecule has 1 aromatic heterocycles. The zero-order chi connectivity index (χ0) is 15.1. The van der Waals surface area contributed by atoms with Gasteiger partial charge in [0.1, 0.15) is 4.88 Å². The van der Waals surface area contributed by atoms with Gasteiger partial charge in [-0.05, 0) is 25.0 Å². The first kappa shape index (κ1) is 16.2. The highest BCUT2D eigenvalue weighted by Crippen LogP contribution is 2.28. The highest BCUT2D eigenvalue weighted by Gasteiger charge is 2.15. The summed E-state index contributed by atoms with van der Waals surface area (Å²) in [5.41, 5.74) is 0.767. The van der Waals surface area contributed by atoms with E-state index in [0.29, 0.717) is 29.4 Å².